The van der Waals surface area contributed by atoms with Gasteiger partial charge in [0.05, 0.1) is 0 Å². The Hall–Kier alpha value is -1.94. The van der Waals surface area contributed by atoms with E-state index >= 15 is 0 Å². The number of hydrogen-bond acceptors (Lipinski definition) is 2. The van der Waals surface area contributed by atoms with Crippen LogP contribution in [0.15, 0.2) is 42.5 Å². The van der Waals surface area contributed by atoms with Gasteiger partial charge in [-0.1, -0.05) is 18.2 Å². The zero-order valence-electron chi connectivity index (χ0n) is 11.3. The summed E-state index contributed by atoms with van der Waals surface area (Å²) in [6.07, 6.45) is 0. The monoisotopic (exact) mass is 277 g/mol. The molecule has 2 aromatic rings. The van der Waals surface area contributed by atoms with Crippen molar-refractivity contribution in [2.24, 2.45) is 0 Å². The maximum Gasteiger partial charge on any atom is 0.130 e. The van der Waals surface area contributed by atoms with Gasteiger partial charge in [0, 0.05) is 24.7 Å². The molecule has 0 atom stereocenters. The van der Waals surface area contributed by atoms with E-state index in [0.29, 0.717) is 25.3 Å². The molecule has 0 heterocycles. The summed E-state index contributed by atoms with van der Waals surface area (Å²) in [5.74, 6) is -0.272. The predicted molar refractivity (Wildman–Crippen MR) is 74.7 cm³/mol. The summed E-state index contributed by atoms with van der Waals surface area (Å²) in [6, 6.07) is 11.4. The first kappa shape index (κ1) is 14.5. The van der Waals surface area contributed by atoms with Crippen molar-refractivity contribution in [2.45, 2.75) is 13.5 Å². The molecule has 0 aromatic heterocycles. The van der Waals surface area contributed by atoms with Crippen molar-refractivity contribution in [1.82, 2.24) is 5.32 Å². The highest BCUT2D eigenvalue weighted by Crippen LogP contribution is 2.12. The molecule has 0 amide bonds. The van der Waals surface area contributed by atoms with Gasteiger partial charge >= 0.3 is 0 Å². The van der Waals surface area contributed by atoms with Crippen molar-refractivity contribution in [3.05, 3.63) is 65.2 Å². The van der Waals surface area contributed by atoms with Crippen LogP contribution >= 0.6 is 0 Å². The van der Waals surface area contributed by atoms with Crippen LogP contribution in [0, 0.1) is 18.6 Å². The summed E-state index contributed by atoms with van der Waals surface area (Å²) in [5.41, 5.74) is 1.59. The Morgan fingerprint density at radius 1 is 1.10 bits per heavy atom. The normalized spacial score (nSPS) is 10.6. The van der Waals surface area contributed by atoms with Crippen molar-refractivity contribution in [2.75, 3.05) is 13.2 Å². The van der Waals surface area contributed by atoms with Crippen molar-refractivity contribution in [1.29, 1.82) is 0 Å². The molecule has 0 saturated carbocycles. The minimum absolute atomic E-state index is 0.350. The highest BCUT2D eigenvalue weighted by Gasteiger charge is 2.02. The summed E-state index contributed by atoms with van der Waals surface area (Å²) in [7, 11) is 0. The Balaban J connectivity index is 1.71. The molecule has 0 unspecified atom stereocenters. The van der Waals surface area contributed by atoms with Gasteiger partial charge in [-0.3, -0.25) is 0 Å². The lowest BCUT2D eigenvalue weighted by molar-refractivity contribution is 0.313. The fourth-order valence-corrected chi connectivity index (χ4v) is 1.83. The fraction of sp³-hybridized carbons (Fsp3) is 0.250. The van der Waals surface area contributed by atoms with E-state index in [-0.39, 0.29) is 0 Å². The summed E-state index contributed by atoms with van der Waals surface area (Å²) < 4.78 is 31.6. The molecule has 2 rings (SSSR count). The maximum absolute atomic E-state index is 13.4. The topological polar surface area (TPSA) is 21.3 Å². The molecule has 106 valence electrons. The van der Waals surface area contributed by atoms with Gasteiger partial charge in [0.25, 0.3) is 0 Å². The van der Waals surface area contributed by atoms with Crippen molar-refractivity contribution in [3.63, 3.8) is 0 Å². The summed E-state index contributed by atoms with van der Waals surface area (Å²) in [5, 5.41) is 3.06. The van der Waals surface area contributed by atoms with E-state index in [1.807, 2.05) is 31.2 Å². The molecule has 0 radical (unpaired) electrons. The SMILES string of the molecule is Cc1cccc(OCCNCc2ccc(F)cc2F)c1. The molecule has 0 aliphatic heterocycles. The van der Waals surface area contributed by atoms with Crippen LogP contribution in [0.2, 0.25) is 0 Å². The van der Waals surface area contributed by atoms with Crippen LogP contribution in [-0.2, 0) is 6.54 Å². The molecule has 1 N–H and O–H groups in total. The van der Waals surface area contributed by atoms with Crippen LogP contribution < -0.4 is 10.1 Å². The molecule has 4 heteroatoms. The van der Waals surface area contributed by atoms with Crippen LogP contribution in [0.1, 0.15) is 11.1 Å². The first-order chi connectivity index (χ1) is 9.65. The van der Waals surface area contributed by atoms with Crippen LogP contribution in [0.4, 0.5) is 8.78 Å². The zero-order chi connectivity index (χ0) is 14.4. The Morgan fingerprint density at radius 3 is 2.70 bits per heavy atom. The molecular weight excluding hydrogens is 260 g/mol. The fourth-order valence-electron chi connectivity index (χ4n) is 1.83. The number of benzene rings is 2. The highest BCUT2D eigenvalue weighted by molar-refractivity contribution is 5.27. The summed E-state index contributed by atoms with van der Waals surface area (Å²) >= 11 is 0. The maximum atomic E-state index is 13.4. The molecule has 20 heavy (non-hydrogen) atoms. The van der Waals surface area contributed by atoms with Crippen LogP contribution in [-0.4, -0.2) is 13.2 Å². The average Bonchev–Trinajstić information content (AvgIpc) is 2.41. The Labute approximate surface area is 117 Å². The molecule has 0 aliphatic carbocycles. The van der Waals surface area contributed by atoms with Gasteiger partial charge in [0.15, 0.2) is 0 Å². The van der Waals surface area contributed by atoms with Crippen molar-refractivity contribution in [3.8, 4) is 5.75 Å². The first-order valence-corrected chi connectivity index (χ1v) is 6.49. The van der Waals surface area contributed by atoms with Gasteiger partial charge < -0.3 is 10.1 Å². The van der Waals surface area contributed by atoms with E-state index in [0.717, 1.165) is 17.4 Å². The third-order valence-corrected chi connectivity index (χ3v) is 2.87. The third kappa shape index (κ3) is 4.31. The second-order valence-corrected chi connectivity index (χ2v) is 4.58. The molecule has 0 spiro atoms. The second kappa shape index (κ2) is 7.01. The molecular formula is C16H17F2NO. The largest absolute Gasteiger partial charge is 0.492 e. The van der Waals surface area contributed by atoms with Gasteiger partial charge in [0.1, 0.15) is 24.0 Å². The minimum atomic E-state index is -0.561. The summed E-state index contributed by atoms with van der Waals surface area (Å²) in [6.45, 7) is 3.43. The molecule has 2 aromatic carbocycles. The van der Waals surface area contributed by atoms with Gasteiger partial charge in [-0.15, -0.1) is 0 Å². The smallest absolute Gasteiger partial charge is 0.130 e. The lowest BCUT2D eigenvalue weighted by Gasteiger charge is -2.08. The van der Waals surface area contributed by atoms with Gasteiger partial charge in [-0.05, 0) is 30.7 Å². The van der Waals surface area contributed by atoms with Gasteiger partial charge in [0.2, 0.25) is 0 Å². The number of rotatable bonds is 6. The molecule has 0 aliphatic rings. The van der Waals surface area contributed by atoms with E-state index in [2.05, 4.69) is 5.32 Å². The van der Waals surface area contributed by atoms with Crippen LogP contribution in [0.5, 0.6) is 5.75 Å². The highest BCUT2D eigenvalue weighted by atomic mass is 19.1. The van der Waals surface area contributed by atoms with Crippen molar-refractivity contribution < 1.29 is 13.5 Å². The Kier molecular flexibility index (Phi) is 5.07. The number of nitrogens with one attached hydrogen (secondary N) is 1. The zero-order valence-corrected chi connectivity index (χ0v) is 11.3. The molecule has 0 saturated heterocycles. The summed E-state index contributed by atoms with van der Waals surface area (Å²) in [4.78, 5) is 0. The van der Waals surface area contributed by atoms with E-state index < -0.39 is 11.6 Å². The van der Waals surface area contributed by atoms with Crippen LogP contribution in [0.25, 0.3) is 0 Å². The quantitative estimate of drug-likeness (QED) is 0.817. The molecule has 0 fully saturated rings. The minimum Gasteiger partial charge on any atom is -0.492 e. The Morgan fingerprint density at radius 2 is 1.95 bits per heavy atom. The van der Waals surface area contributed by atoms with Gasteiger partial charge in [-0.25, -0.2) is 8.78 Å². The second-order valence-electron chi connectivity index (χ2n) is 4.58. The van der Waals surface area contributed by atoms with Gasteiger partial charge in [-0.2, -0.15) is 0 Å². The lowest BCUT2D eigenvalue weighted by Crippen LogP contribution is -2.21. The molecule has 2 nitrogen and oxygen atoms in total. The lowest BCUT2D eigenvalue weighted by atomic mass is 10.2. The number of aryl methyl sites for hydroxylation is 1. The van der Waals surface area contributed by atoms with E-state index in [1.165, 1.54) is 12.1 Å². The van der Waals surface area contributed by atoms with E-state index in [9.17, 15) is 8.78 Å². The number of ether oxygens (including phenoxy) is 1. The standard InChI is InChI=1S/C16H17F2NO/c1-12-3-2-4-15(9-12)20-8-7-19-11-13-5-6-14(17)10-16(13)18/h2-6,9-10,19H,7-8,11H2,1H3. The van der Waals surface area contributed by atoms with E-state index in [1.54, 1.807) is 0 Å². The third-order valence-electron chi connectivity index (χ3n) is 2.87. The van der Waals surface area contributed by atoms with E-state index in [4.69, 9.17) is 4.74 Å². The molecule has 0 bridgehead atoms. The number of halogens is 2. The Bertz CT molecular complexity index is 572. The average molecular weight is 277 g/mol. The predicted octanol–water partition coefficient (Wildman–Crippen LogP) is 3.44. The first-order valence-electron chi connectivity index (χ1n) is 6.49. The number of hydrogen-bond donors (Lipinski definition) is 1. The van der Waals surface area contributed by atoms with Crippen LogP contribution in [0.3, 0.4) is 0 Å². The van der Waals surface area contributed by atoms with Crippen molar-refractivity contribution >= 4 is 0 Å².